The van der Waals surface area contributed by atoms with Gasteiger partial charge in [0.25, 0.3) is 0 Å². The number of nitrogens with zero attached hydrogens (tertiary/aromatic N) is 2. The van der Waals surface area contributed by atoms with Crippen molar-refractivity contribution in [3.05, 3.63) is 51.6 Å². The first-order valence-electron chi connectivity index (χ1n) is 8.23. The van der Waals surface area contributed by atoms with Gasteiger partial charge in [0.05, 0.1) is 7.11 Å². The van der Waals surface area contributed by atoms with Crippen molar-refractivity contribution in [3.8, 4) is 0 Å². The summed E-state index contributed by atoms with van der Waals surface area (Å²) in [6, 6.07) is 8.87. The number of ether oxygens (including phenoxy) is 2. The number of rotatable bonds is 5. The van der Waals surface area contributed by atoms with Crippen molar-refractivity contribution in [2.75, 3.05) is 32.2 Å². The molecule has 3 rings (SSSR count). The van der Waals surface area contributed by atoms with E-state index in [0.29, 0.717) is 35.6 Å². The Hall–Kier alpha value is -1.89. The summed E-state index contributed by atoms with van der Waals surface area (Å²) in [6.45, 7) is 1.94. The quantitative estimate of drug-likeness (QED) is 0.777. The fourth-order valence-corrected chi connectivity index (χ4v) is 3.73. The van der Waals surface area contributed by atoms with Gasteiger partial charge in [0, 0.05) is 35.2 Å². The number of nitrogens with one attached hydrogen (secondary N) is 1. The van der Waals surface area contributed by atoms with E-state index in [4.69, 9.17) is 27.9 Å². The lowest BCUT2D eigenvalue weighted by molar-refractivity contribution is 0.0543. The molecule has 1 aliphatic heterocycles. The van der Waals surface area contributed by atoms with Crippen molar-refractivity contribution < 1.29 is 14.3 Å². The summed E-state index contributed by atoms with van der Waals surface area (Å²) in [6.07, 6.45) is 1.66. The van der Waals surface area contributed by atoms with E-state index in [2.05, 4.69) is 20.3 Å². The van der Waals surface area contributed by atoms with Gasteiger partial charge in [-0.25, -0.2) is 4.79 Å². The Balaban J connectivity index is 1.80. The van der Waals surface area contributed by atoms with Crippen molar-refractivity contribution in [3.63, 3.8) is 0 Å². The lowest BCUT2D eigenvalue weighted by Crippen LogP contribution is -2.40. The van der Waals surface area contributed by atoms with Crippen LogP contribution in [0.15, 0.2) is 30.3 Å². The van der Waals surface area contributed by atoms with Crippen LogP contribution < -0.4 is 5.32 Å². The van der Waals surface area contributed by atoms with E-state index < -0.39 is 5.97 Å². The Morgan fingerprint density at radius 1 is 1.23 bits per heavy atom. The Morgan fingerprint density at radius 3 is 2.62 bits per heavy atom. The molecule has 0 aliphatic carbocycles. The first-order chi connectivity index (χ1) is 12.5. The molecule has 1 aliphatic rings. The van der Waals surface area contributed by atoms with E-state index in [0.717, 1.165) is 18.4 Å². The van der Waals surface area contributed by atoms with E-state index in [1.165, 1.54) is 7.11 Å². The molecule has 0 saturated carbocycles. The molecule has 138 valence electrons. The Bertz CT molecular complexity index is 778. The average molecular weight is 396 g/mol. The van der Waals surface area contributed by atoms with Gasteiger partial charge >= 0.3 is 5.97 Å². The fraction of sp³-hybridized carbons (Fsp3) is 0.389. The summed E-state index contributed by atoms with van der Waals surface area (Å²) in [5.74, 6) is 0.0616. The van der Waals surface area contributed by atoms with Crippen LogP contribution >= 0.6 is 23.2 Å². The van der Waals surface area contributed by atoms with E-state index >= 15 is 0 Å². The largest absolute Gasteiger partial charge is 0.464 e. The first kappa shape index (κ1) is 18.9. The van der Waals surface area contributed by atoms with Crippen molar-refractivity contribution in [1.82, 2.24) is 10.2 Å². The van der Waals surface area contributed by atoms with Gasteiger partial charge < -0.3 is 14.8 Å². The maximum absolute atomic E-state index is 11.4. The van der Waals surface area contributed by atoms with Crippen LogP contribution in [0.1, 0.15) is 28.9 Å². The molecule has 1 N–H and O–H groups in total. The number of hydrogen-bond donors (Lipinski definition) is 1. The second-order valence-electron chi connectivity index (χ2n) is 6.17. The molecular formula is C18H19Cl2N3O3. The molecule has 1 aromatic heterocycles. The van der Waals surface area contributed by atoms with Gasteiger partial charge in [0.15, 0.2) is 5.69 Å². The molecule has 6 nitrogen and oxygen atoms in total. The van der Waals surface area contributed by atoms with Crippen LogP contribution in [0.3, 0.4) is 0 Å². The van der Waals surface area contributed by atoms with Crippen LogP contribution in [-0.4, -0.2) is 43.0 Å². The molecule has 2 heterocycles. The highest BCUT2D eigenvalue weighted by Gasteiger charge is 2.36. The standard InChI is InChI=1S/C18H19Cl2N3O3/c1-25-17(24)15-4-5-16(23-22-15)21-11-18(6-8-26-9-7-18)13-3-2-12(19)10-14(13)20/h2-5,10H,6-9,11H2,1H3,(H,21,23). The number of halogens is 2. The number of hydrogen-bond acceptors (Lipinski definition) is 6. The number of esters is 1. The SMILES string of the molecule is COC(=O)c1ccc(NCC2(c3ccc(Cl)cc3Cl)CCOCC2)nn1. The minimum Gasteiger partial charge on any atom is -0.464 e. The highest BCUT2D eigenvalue weighted by Crippen LogP contribution is 2.39. The van der Waals surface area contributed by atoms with E-state index in [-0.39, 0.29) is 11.1 Å². The van der Waals surface area contributed by atoms with Crippen LogP contribution in [-0.2, 0) is 14.9 Å². The topological polar surface area (TPSA) is 73.3 Å². The third kappa shape index (κ3) is 4.09. The lowest BCUT2D eigenvalue weighted by atomic mass is 9.74. The Kier molecular flexibility index (Phi) is 5.96. The number of methoxy groups -OCH3 is 1. The minimum absolute atomic E-state index is 0.166. The molecule has 0 atom stereocenters. The van der Waals surface area contributed by atoms with Gasteiger partial charge in [-0.2, -0.15) is 0 Å². The summed E-state index contributed by atoms with van der Waals surface area (Å²) in [4.78, 5) is 11.4. The molecule has 0 bridgehead atoms. The van der Waals surface area contributed by atoms with Crippen LogP contribution in [0.4, 0.5) is 5.82 Å². The van der Waals surface area contributed by atoms with Gasteiger partial charge in [-0.1, -0.05) is 29.3 Å². The van der Waals surface area contributed by atoms with Crippen molar-refractivity contribution in [2.45, 2.75) is 18.3 Å². The molecular weight excluding hydrogens is 377 g/mol. The van der Waals surface area contributed by atoms with Gasteiger partial charge in [0.1, 0.15) is 5.82 Å². The Morgan fingerprint density at radius 2 is 2.00 bits per heavy atom. The molecule has 1 aromatic carbocycles. The summed E-state index contributed by atoms with van der Waals surface area (Å²) >= 11 is 12.5. The molecule has 26 heavy (non-hydrogen) atoms. The predicted molar refractivity (Wildman–Crippen MR) is 100 cm³/mol. The van der Waals surface area contributed by atoms with Gasteiger partial charge in [-0.05, 0) is 42.7 Å². The second kappa shape index (κ2) is 8.20. The number of carbonyl (C=O) groups is 1. The summed E-state index contributed by atoms with van der Waals surface area (Å²) in [7, 11) is 1.31. The third-order valence-electron chi connectivity index (χ3n) is 4.62. The molecule has 0 unspecified atom stereocenters. The predicted octanol–water partition coefficient (Wildman–Crippen LogP) is 3.73. The zero-order chi connectivity index (χ0) is 18.6. The van der Waals surface area contributed by atoms with Crippen molar-refractivity contribution >= 4 is 35.0 Å². The molecule has 1 saturated heterocycles. The van der Waals surface area contributed by atoms with E-state index in [1.54, 1.807) is 18.2 Å². The maximum atomic E-state index is 11.4. The Labute approximate surface area is 161 Å². The smallest absolute Gasteiger partial charge is 0.358 e. The summed E-state index contributed by atoms with van der Waals surface area (Å²) in [5, 5.41) is 12.5. The number of anilines is 1. The minimum atomic E-state index is -0.516. The van der Waals surface area contributed by atoms with Crippen molar-refractivity contribution in [2.24, 2.45) is 0 Å². The highest BCUT2D eigenvalue weighted by molar-refractivity contribution is 6.35. The normalized spacial score (nSPS) is 16.1. The van der Waals surface area contributed by atoms with E-state index in [9.17, 15) is 4.79 Å². The number of aromatic nitrogens is 2. The summed E-state index contributed by atoms with van der Waals surface area (Å²) in [5.41, 5.74) is 1.01. The molecule has 0 amide bonds. The van der Waals surface area contributed by atoms with Crippen LogP contribution in [0.2, 0.25) is 10.0 Å². The van der Waals surface area contributed by atoms with Gasteiger partial charge in [0.2, 0.25) is 0 Å². The summed E-state index contributed by atoms with van der Waals surface area (Å²) < 4.78 is 10.2. The second-order valence-corrected chi connectivity index (χ2v) is 7.01. The monoisotopic (exact) mass is 395 g/mol. The van der Waals surface area contributed by atoms with E-state index in [1.807, 2.05) is 12.1 Å². The van der Waals surface area contributed by atoms with Crippen LogP contribution in [0.5, 0.6) is 0 Å². The van der Waals surface area contributed by atoms with Gasteiger partial charge in [-0.3, -0.25) is 0 Å². The first-order valence-corrected chi connectivity index (χ1v) is 8.99. The zero-order valence-electron chi connectivity index (χ0n) is 14.3. The maximum Gasteiger partial charge on any atom is 0.358 e. The molecule has 1 fully saturated rings. The third-order valence-corrected chi connectivity index (χ3v) is 5.17. The number of benzene rings is 1. The average Bonchev–Trinajstić information content (AvgIpc) is 2.67. The zero-order valence-corrected chi connectivity index (χ0v) is 15.8. The fourth-order valence-electron chi connectivity index (χ4n) is 3.12. The van der Waals surface area contributed by atoms with Crippen molar-refractivity contribution in [1.29, 1.82) is 0 Å². The van der Waals surface area contributed by atoms with Gasteiger partial charge in [-0.15, -0.1) is 10.2 Å². The molecule has 2 aromatic rings. The number of carbonyl (C=O) groups excluding carboxylic acids is 1. The van der Waals surface area contributed by atoms with Crippen LogP contribution in [0, 0.1) is 0 Å². The molecule has 0 radical (unpaired) electrons. The molecule has 8 heteroatoms. The highest BCUT2D eigenvalue weighted by atomic mass is 35.5. The molecule has 0 spiro atoms. The lowest BCUT2D eigenvalue weighted by Gasteiger charge is -2.38. The van der Waals surface area contributed by atoms with Crippen LogP contribution in [0.25, 0.3) is 0 Å².